The molecular formula is C26H25N3O2S. The Bertz CT molecular complexity index is 1330. The number of nitrogens with zero attached hydrogens (tertiary/aromatic N) is 2. The van der Waals surface area contributed by atoms with Crippen LogP contribution in [0.5, 0.6) is 5.75 Å². The van der Waals surface area contributed by atoms with E-state index in [1.165, 1.54) is 11.8 Å². The van der Waals surface area contributed by atoms with E-state index in [1.807, 2.05) is 49.4 Å². The van der Waals surface area contributed by atoms with Crippen molar-refractivity contribution >= 4 is 22.5 Å². The number of ether oxygens (including phenoxy) is 1. The van der Waals surface area contributed by atoms with Crippen LogP contribution in [0, 0.1) is 0 Å². The van der Waals surface area contributed by atoms with Gasteiger partial charge in [0.1, 0.15) is 10.8 Å². The van der Waals surface area contributed by atoms with Crippen LogP contribution in [0.3, 0.4) is 0 Å². The van der Waals surface area contributed by atoms with Gasteiger partial charge in [-0.3, -0.25) is 4.57 Å². The summed E-state index contributed by atoms with van der Waals surface area (Å²) in [5, 5.41) is 2.74. The van der Waals surface area contributed by atoms with Crippen LogP contribution in [-0.4, -0.2) is 16.2 Å². The minimum Gasteiger partial charge on any atom is -0.494 e. The molecular weight excluding hydrogens is 418 g/mol. The van der Waals surface area contributed by atoms with Crippen molar-refractivity contribution in [2.24, 2.45) is 5.73 Å². The van der Waals surface area contributed by atoms with Gasteiger partial charge in [0.15, 0.2) is 0 Å². The lowest BCUT2D eigenvalue weighted by Crippen LogP contribution is -2.26. The molecule has 4 aromatic rings. The normalized spacial score (nSPS) is 13.8. The lowest BCUT2D eigenvalue weighted by molar-refractivity contribution is 0.340. The first-order chi connectivity index (χ1) is 15.7. The Morgan fingerprint density at radius 2 is 1.84 bits per heavy atom. The second-order valence-corrected chi connectivity index (χ2v) is 8.98. The fourth-order valence-corrected chi connectivity index (χ4v) is 5.49. The Labute approximate surface area is 191 Å². The minimum absolute atomic E-state index is 0.262. The fraction of sp³-hybridized carbons (Fsp3) is 0.231. The van der Waals surface area contributed by atoms with Gasteiger partial charge in [-0.25, -0.2) is 4.79 Å². The van der Waals surface area contributed by atoms with Crippen LogP contribution in [0.4, 0.5) is 0 Å². The Morgan fingerprint density at radius 1 is 1.06 bits per heavy atom. The summed E-state index contributed by atoms with van der Waals surface area (Å²) in [7, 11) is 0. The van der Waals surface area contributed by atoms with Crippen molar-refractivity contribution in [1.29, 1.82) is 0 Å². The summed E-state index contributed by atoms with van der Waals surface area (Å²) in [4.78, 5) is 17.6. The molecule has 6 heteroatoms. The zero-order valence-corrected chi connectivity index (χ0v) is 18.8. The minimum atomic E-state index is -0.306. The fourth-order valence-electron chi connectivity index (χ4n) is 4.43. The maximum absolute atomic E-state index is 13.1. The molecule has 1 unspecified atom stereocenters. The van der Waals surface area contributed by atoms with Crippen LogP contribution in [-0.2, 0) is 12.8 Å². The van der Waals surface area contributed by atoms with Crippen LogP contribution in [0.2, 0.25) is 0 Å². The van der Waals surface area contributed by atoms with Crippen LogP contribution in [0.15, 0.2) is 76.6 Å². The number of hydrogen-bond donors (Lipinski definition) is 1. The van der Waals surface area contributed by atoms with Crippen molar-refractivity contribution in [2.45, 2.75) is 36.6 Å². The molecule has 2 N–H and O–H groups in total. The summed E-state index contributed by atoms with van der Waals surface area (Å²) in [5.74, 6) is 0.794. The third-order valence-corrected chi connectivity index (χ3v) is 6.95. The lowest BCUT2D eigenvalue weighted by Gasteiger charge is -2.18. The van der Waals surface area contributed by atoms with E-state index in [4.69, 9.17) is 10.5 Å². The molecule has 0 amide bonds. The lowest BCUT2D eigenvalue weighted by atomic mass is 10.0. The highest BCUT2D eigenvalue weighted by atomic mass is 32.2. The van der Waals surface area contributed by atoms with Crippen molar-refractivity contribution in [3.63, 3.8) is 0 Å². The van der Waals surface area contributed by atoms with Crippen LogP contribution in [0.1, 0.15) is 35.5 Å². The average Bonchev–Trinajstić information content (AvgIpc) is 3.30. The van der Waals surface area contributed by atoms with Gasteiger partial charge in [-0.05, 0) is 66.8 Å². The third kappa shape index (κ3) is 3.80. The van der Waals surface area contributed by atoms with Gasteiger partial charge < -0.3 is 10.5 Å². The van der Waals surface area contributed by atoms with Gasteiger partial charge in [0, 0.05) is 11.3 Å². The Hall–Kier alpha value is -3.09. The van der Waals surface area contributed by atoms with Gasteiger partial charge >= 0.3 is 5.69 Å². The van der Waals surface area contributed by atoms with Gasteiger partial charge in [-0.1, -0.05) is 54.2 Å². The molecule has 5 nitrogen and oxygen atoms in total. The van der Waals surface area contributed by atoms with Crippen molar-refractivity contribution in [1.82, 2.24) is 9.55 Å². The first kappa shape index (κ1) is 20.8. The topological polar surface area (TPSA) is 70.1 Å². The number of aromatic nitrogens is 2. The summed E-state index contributed by atoms with van der Waals surface area (Å²) >= 11 is 1.48. The zero-order valence-electron chi connectivity index (χ0n) is 18.0. The second kappa shape index (κ2) is 8.81. The van der Waals surface area contributed by atoms with E-state index in [9.17, 15) is 4.79 Å². The van der Waals surface area contributed by atoms with Crippen LogP contribution < -0.4 is 16.2 Å². The molecule has 0 radical (unpaired) electrons. The third-order valence-electron chi connectivity index (χ3n) is 5.88. The van der Waals surface area contributed by atoms with E-state index in [0.29, 0.717) is 6.61 Å². The summed E-state index contributed by atoms with van der Waals surface area (Å²) < 4.78 is 7.28. The van der Waals surface area contributed by atoms with E-state index < -0.39 is 0 Å². The smallest absolute Gasteiger partial charge is 0.353 e. The maximum atomic E-state index is 13.1. The van der Waals surface area contributed by atoms with E-state index in [2.05, 4.69) is 29.2 Å². The average molecular weight is 444 g/mol. The molecule has 5 rings (SSSR count). The van der Waals surface area contributed by atoms with E-state index in [-0.39, 0.29) is 11.1 Å². The van der Waals surface area contributed by atoms with Crippen LogP contribution in [0.25, 0.3) is 16.5 Å². The summed E-state index contributed by atoms with van der Waals surface area (Å²) in [6, 6.07) is 22.0. The zero-order chi connectivity index (χ0) is 22.1. The Balaban J connectivity index is 1.52. The van der Waals surface area contributed by atoms with Gasteiger partial charge in [0.2, 0.25) is 0 Å². The number of fused-ring (bicyclic) bond motifs is 2. The van der Waals surface area contributed by atoms with Crippen LogP contribution >= 0.6 is 11.8 Å². The highest BCUT2D eigenvalue weighted by Gasteiger charge is 2.24. The molecule has 0 fully saturated rings. The Morgan fingerprint density at radius 3 is 2.66 bits per heavy atom. The van der Waals surface area contributed by atoms with E-state index in [0.717, 1.165) is 63.3 Å². The first-order valence-corrected chi connectivity index (χ1v) is 11.8. The Kier molecular flexibility index (Phi) is 5.72. The summed E-state index contributed by atoms with van der Waals surface area (Å²) in [6.07, 6.45) is 2.77. The molecule has 0 aliphatic heterocycles. The number of hydrogen-bond acceptors (Lipinski definition) is 5. The number of benzene rings is 3. The first-order valence-electron chi connectivity index (χ1n) is 10.9. The SMILES string of the molecule is CCOc1ccc(-n2c3c(c(SC(N)c4cccc5ccccc45)nc2=O)CCC3)cc1. The molecule has 162 valence electrons. The molecule has 1 atom stereocenters. The number of nitrogens with two attached hydrogens (primary N) is 1. The van der Waals surface area contributed by atoms with Crippen molar-refractivity contribution in [3.05, 3.63) is 94.0 Å². The molecule has 0 saturated heterocycles. The molecule has 1 aliphatic carbocycles. The van der Waals surface area contributed by atoms with Gasteiger partial charge in [-0.15, -0.1) is 0 Å². The molecule has 1 aliphatic rings. The monoisotopic (exact) mass is 443 g/mol. The molecule has 1 heterocycles. The van der Waals surface area contributed by atoms with E-state index in [1.54, 1.807) is 4.57 Å². The van der Waals surface area contributed by atoms with Gasteiger partial charge in [0.25, 0.3) is 0 Å². The molecule has 3 aromatic carbocycles. The quantitative estimate of drug-likeness (QED) is 0.257. The van der Waals surface area contributed by atoms with E-state index >= 15 is 0 Å². The number of rotatable bonds is 6. The highest BCUT2D eigenvalue weighted by molar-refractivity contribution is 7.99. The number of thioether (sulfide) groups is 1. The van der Waals surface area contributed by atoms with Crippen molar-refractivity contribution in [3.8, 4) is 11.4 Å². The van der Waals surface area contributed by atoms with Gasteiger partial charge in [-0.2, -0.15) is 4.98 Å². The van der Waals surface area contributed by atoms with Gasteiger partial charge in [0.05, 0.1) is 17.7 Å². The van der Waals surface area contributed by atoms with Crippen molar-refractivity contribution < 1.29 is 4.74 Å². The molecule has 0 saturated carbocycles. The highest BCUT2D eigenvalue weighted by Crippen LogP contribution is 2.38. The maximum Gasteiger partial charge on any atom is 0.353 e. The predicted molar refractivity (Wildman–Crippen MR) is 130 cm³/mol. The summed E-state index contributed by atoms with van der Waals surface area (Å²) in [5.41, 5.74) is 10.4. The van der Waals surface area contributed by atoms with Crippen molar-refractivity contribution in [2.75, 3.05) is 6.61 Å². The molecule has 1 aromatic heterocycles. The molecule has 0 bridgehead atoms. The predicted octanol–water partition coefficient (Wildman–Crippen LogP) is 5.02. The second-order valence-electron chi connectivity index (χ2n) is 7.85. The largest absolute Gasteiger partial charge is 0.494 e. The summed E-state index contributed by atoms with van der Waals surface area (Å²) in [6.45, 7) is 2.56. The molecule has 32 heavy (non-hydrogen) atoms. The molecule has 0 spiro atoms. The standard InChI is InChI=1S/C26H25N3O2S/c1-2-31-19-15-13-18(14-16-19)29-23-12-6-11-22(23)25(28-26(29)30)32-24(27)21-10-5-8-17-7-3-4-9-20(17)21/h3-5,7-10,13-16,24H,2,6,11-12,27H2,1H3.